The van der Waals surface area contributed by atoms with Crippen LogP contribution in [0.15, 0.2) is 24.3 Å². The lowest BCUT2D eigenvalue weighted by atomic mass is 10.0. The molecule has 0 saturated carbocycles. The van der Waals surface area contributed by atoms with Crippen LogP contribution in [0, 0.1) is 0 Å². The summed E-state index contributed by atoms with van der Waals surface area (Å²) in [5.41, 5.74) is -0.164. The second kappa shape index (κ2) is 15.2. The van der Waals surface area contributed by atoms with Crippen LogP contribution in [0.25, 0.3) is 0 Å². The molecule has 34 heavy (non-hydrogen) atoms. The van der Waals surface area contributed by atoms with E-state index < -0.39 is 17.7 Å². The molecule has 0 radical (unpaired) electrons. The third kappa shape index (κ3) is 11.4. The number of carbonyl (C=O) groups is 3. The summed E-state index contributed by atoms with van der Waals surface area (Å²) in [6, 6.07) is 5.49. The van der Waals surface area contributed by atoms with Crippen molar-refractivity contribution < 1.29 is 24.2 Å². The first-order valence-electron chi connectivity index (χ1n) is 12.4. The van der Waals surface area contributed by atoms with Crippen molar-refractivity contribution in [3.8, 4) is 5.75 Å². The van der Waals surface area contributed by atoms with Crippen molar-refractivity contribution in [3.63, 3.8) is 0 Å². The van der Waals surface area contributed by atoms with Gasteiger partial charge in [0.1, 0.15) is 23.9 Å². The highest BCUT2D eigenvalue weighted by Gasteiger charge is 2.31. The fraction of sp³-hybridized carbons (Fsp3) is 0.654. The lowest BCUT2D eigenvalue weighted by molar-refractivity contribution is -0.140. The summed E-state index contributed by atoms with van der Waals surface area (Å²) >= 11 is 0. The largest absolute Gasteiger partial charge is 0.508 e. The predicted molar refractivity (Wildman–Crippen MR) is 133 cm³/mol. The Kier molecular flexibility index (Phi) is 13.1. The summed E-state index contributed by atoms with van der Waals surface area (Å²) in [4.78, 5) is 40.1. The molecule has 1 unspecified atom stereocenters. The summed E-state index contributed by atoms with van der Waals surface area (Å²) in [5, 5.41) is 15.4. The standard InChI is InChI=1S/C26H43N3O5/c1-6-8-10-11-12-17-29(22(31)19-28-25(33)34-26(3,4)5)23(24(32)27-16-9-7-2)20-14-13-15-21(30)18-20/h13-15,18,23,30H,6-12,16-17,19H2,1-5H3,(H,27,32)(H,28,33). The summed E-state index contributed by atoms with van der Waals surface area (Å²) in [6.45, 7) is 9.98. The van der Waals surface area contributed by atoms with Crippen molar-refractivity contribution in [1.82, 2.24) is 15.5 Å². The number of nitrogens with one attached hydrogen (secondary N) is 2. The molecule has 0 bridgehead atoms. The summed E-state index contributed by atoms with van der Waals surface area (Å²) in [5.74, 6) is -0.676. The van der Waals surface area contributed by atoms with Gasteiger partial charge in [0.25, 0.3) is 0 Å². The lowest BCUT2D eigenvalue weighted by Gasteiger charge is -2.32. The van der Waals surface area contributed by atoms with Gasteiger partial charge in [-0.3, -0.25) is 9.59 Å². The van der Waals surface area contributed by atoms with Gasteiger partial charge in [-0.15, -0.1) is 0 Å². The number of hydrogen-bond acceptors (Lipinski definition) is 5. The molecule has 3 N–H and O–H groups in total. The number of aromatic hydroxyl groups is 1. The molecule has 1 aromatic carbocycles. The Hall–Kier alpha value is -2.77. The summed E-state index contributed by atoms with van der Waals surface area (Å²) in [6.07, 6.45) is 5.99. The van der Waals surface area contributed by atoms with Gasteiger partial charge < -0.3 is 25.4 Å². The Labute approximate surface area is 204 Å². The van der Waals surface area contributed by atoms with E-state index in [1.54, 1.807) is 32.9 Å². The van der Waals surface area contributed by atoms with E-state index in [1.807, 2.05) is 6.92 Å². The van der Waals surface area contributed by atoms with Crippen LogP contribution in [0.5, 0.6) is 5.75 Å². The zero-order valence-corrected chi connectivity index (χ0v) is 21.5. The second-order valence-electron chi connectivity index (χ2n) is 9.50. The fourth-order valence-corrected chi connectivity index (χ4v) is 3.50. The molecule has 1 atom stereocenters. The van der Waals surface area contributed by atoms with Gasteiger partial charge >= 0.3 is 6.09 Å². The van der Waals surface area contributed by atoms with Crippen molar-refractivity contribution in [2.24, 2.45) is 0 Å². The fourth-order valence-electron chi connectivity index (χ4n) is 3.50. The average molecular weight is 478 g/mol. The first-order chi connectivity index (χ1) is 16.1. The highest BCUT2D eigenvalue weighted by atomic mass is 16.6. The minimum atomic E-state index is -0.914. The van der Waals surface area contributed by atoms with E-state index in [0.29, 0.717) is 18.7 Å². The molecule has 1 aromatic rings. The zero-order chi connectivity index (χ0) is 25.6. The number of phenols is 1. The maximum absolute atomic E-state index is 13.3. The predicted octanol–water partition coefficient (Wildman–Crippen LogP) is 4.67. The van der Waals surface area contributed by atoms with Gasteiger partial charge in [0.15, 0.2) is 0 Å². The van der Waals surface area contributed by atoms with Crippen LogP contribution in [-0.2, 0) is 14.3 Å². The monoisotopic (exact) mass is 477 g/mol. The second-order valence-corrected chi connectivity index (χ2v) is 9.50. The van der Waals surface area contributed by atoms with Crippen LogP contribution >= 0.6 is 0 Å². The average Bonchev–Trinajstić information content (AvgIpc) is 2.75. The van der Waals surface area contributed by atoms with Crippen LogP contribution in [0.1, 0.15) is 91.2 Å². The van der Waals surface area contributed by atoms with Gasteiger partial charge in [-0.2, -0.15) is 0 Å². The van der Waals surface area contributed by atoms with Crippen LogP contribution < -0.4 is 10.6 Å². The third-order valence-corrected chi connectivity index (χ3v) is 5.18. The molecule has 0 aliphatic carbocycles. The Morgan fingerprint density at radius 3 is 2.29 bits per heavy atom. The molecular formula is C26H43N3O5. The zero-order valence-electron chi connectivity index (χ0n) is 21.5. The molecule has 0 heterocycles. The van der Waals surface area contributed by atoms with Crippen LogP contribution in [0.2, 0.25) is 0 Å². The minimum absolute atomic E-state index is 0.0195. The normalized spacial score (nSPS) is 12.0. The SMILES string of the molecule is CCCCCCCN(C(=O)CNC(=O)OC(C)(C)C)C(C(=O)NCCCC)c1cccc(O)c1. The third-order valence-electron chi connectivity index (χ3n) is 5.18. The highest BCUT2D eigenvalue weighted by molar-refractivity contribution is 5.90. The molecular weight excluding hydrogens is 434 g/mol. The summed E-state index contributed by atoms with van der Waals surface area (Å²) < 4.78 is 5.23. The van der Waals surface area contributed by atoms with E-state index in [1.165, 1.54) is 17.0 Å². The van der Waals surface area contributed by atoms with E-state index >= 15 is 0 Å². The number of hydrogen-bond donors (Lipinski definition) is 3. The van der Waals surface area contributed by atoms with Gasteiger partial charge in [0, 0.05) is 13.1 Å². The topological polar surface area (TPSA) is 108 Å². The Morgan fingerprint density at radius 2 is 1.68 bits per heavy atom. The number of nitrogens with zero attached hydrogens (tertiary/aromatic N) is 1. The minimum Gasteiger partial charge on any atom is -0.508 e. The molecule has 8 nitrogen and oxygen atoms in total. The first kappa shape index (κ1) is 29.3. The van der Waals surface area contributed by atoms with E-state index in [2.05, 4.69) is 17.6 Å². The van der Waals surface area contributed by atoms with Crippen LogP contribution in [0.3, 0.4) is 0 Å². The number of amides is 3. The van der Waals surface area contributed by atoms with Crippen LogP contribution in [-0.4, -0.2) is 53.1 Å². The van der Waals surface area contributed by atoms with Crippen molar-refractivity contribution in [2.75, 3.05) is 19.6 Å². The quantitative estimate of drug-likeness (QED) is 0.337. The lowest BCUT2D eigenvalue weighted by Crippen LogP contribution is -2.48. The van der Waals surface area contributed by atoms with Gasteiger partial charge in [-0.1, -0.05) is 58.1 Å². The first-order valence-corrected chi connectivity index (χ1v) is 12.4. The molecule has 0 saturated heterocycles. The number of rotatable bonds is 14. The maximum Gasteiger partial charge on any atom is 0.408 e. The van der Waals surface area contributed by atoms with Gasteiger partial charge in [0.05, 0.1) is 0 Å². The summed E-state index contributed by atoms with van der Waals surface area (Å²) in [7, 11) is 0. The molecule has 0 aliphatic heterocycles. The molecule has 8 heteroatoms. The van der Waals surface area contributed by atoms with Crippen molar-refractivity contribution in [1.29, 1.82) is 0 Å². The molecule has 192 valence electrons. The Balaban J connectivity index is 3.12. The number of phenolic OH excluding ortho intramolecular Hbond substituents is 1. The Bertz CT molecular complexity index is 776. The maximum atomic E-state index is 13.3. The smallest absolute Gasteiger partial charge is 0.408 e. The number of ether oxygens (including phenoxy) is 1. The van der Waals surface area contributed by atoms with Gasteiger partial charge in [0.2, 0.25) is 11.8 Å². The number of carbonyl (C=O) groups excluding carboxylic acids is 3. The van der Waals surface area contributed by atoms with Crippen molar-refractivity contribution >= 4 is 17.9 Å². The highest BCUT2D eigenvalue weighted by Crippen LogP contribution is 2.25. The van der Waals surface area contributed by atoms with E-state index in [0.717, 1.165) is 44.9 Å². The van der Waals surface area contributed by atoms with E-state index in [-0.39, 0.29) is 24.1 Å². The number of alkyl carbamates (subject to hydrolysis) is 1. The number of unbranched alkanes of at least 4 members (excludes halogenated alkanes) is 5. The molecule has 0 spiro atoms. The van der Waals surface area contributed by atoms with E-state index in [4.69, 9.17) is 4.74 Å². The van der Waals surface area contributed by atoms with Gasteiger partial charge in [-0.25, -0.2) is 4.79 Å². The number of benzene rings is 1. The molecule has 0 aliphatic rings. The van der Waals surface area contributed by atoms with Gasteiger partial charge in [-0.05, 0) is 51.3 Å². The molecule has 1 rings (SSSR count). The molecule has 0 fully saturated rings. The molecule has 3 amide bonds. The molecule has 0 aromatic heterocycles. The van der Waals surface area contributed by atoms with E-state index in [9.17, 15) is 19.5 Å². The van der Waals surface area contributed by atoms with Crippen molar-refractivity contribution in [3.05, 3.63) is 29.8 Å². The Morgan fingerprint density at radius 1 is 1.00 bits per heavy atom. The van der Waals surface area contributed by atoms with Crippen LogP contribution in [0.4, 0.5) is 4.79 Å². The van der Waals surface area contributed by atoms with Crippen molar-refractivity contribution in [2.45, 2.75) is 91.2 Å².